The van der Waals surface area contributed by atoms with E-state index in [9.17, 15) is 4.39 Å². The average molecular weight is 322 g/mol. The maximum Gasteiger partial charge on any atom is 0.145 e. The van der Waals surface area contributed by atoms with Crippen molar-refractivity contribution in [3.63, 3.8) is 0 Å². The van der Waals surface area contributed by atoms with Gasteiger partial charge in [-0.3, -0.25) is 5.10 Å². The highest BCUT2D eigenvalue weighted by Crippen LogP contribution is 2.48. The van der Waals surface area contributed by atoms with Crippen molar-refractivity contribution in [2.75, 3.05) is 6.54 Å². The van der Waals surface area contributed by atoms with Gasteiger partial charge in [0.05, 0.1) is 6.04 Å². The van der Waals surface area contributed by atoms with E-state index in [1.165, 1.54) is 6.33 Å². The van der Waals surface area contributed by atoms with Gasteiger partial charge in [-0.05, 0) is 30.0 Å². The van der Waals surface area contributed by atoms with Crippen LogP contribution in [-0.2, 0) is 5.41 Å². The Labute approximate surface area is 140 Å². The lowest BCUT2D eigenvalue weighted by Gasteiger charge is -2.22. The van der Waals surface area contributed by atoms with E-state index in [-0.39, 0.29) is 17.3 Å². The zero-order chi connectivity index (χ0) is 16.4. The van der Waals surface area contributed by atoms with Crippen molar-refractivity contribution in [2.45, 2.75) is 24.3 Å². The molecule has 2 aromatic carbocycles. The molecule has 1 heterocycles. The van der Waals surface area contributed by atoms with E-state index in [1.54, 1.807) is 12.1 Å². The van der Waals surface area contributed by atoms with E-state index in [1.807, 2.05) is 30.3 Å². The fraction of sp³-hybridized carbons (Fsp3) is 0.263. The second-order valence-corrected chi connectivity index (χ2v) is 6.36. The number of hydrogen-bond acceptors (Lipinski definition) is 3. The Morgan fingerprint density at radius 3 is 2.50 bits per heavy atom. The smallest absolute Gasteiger partial charge is 0.145 e. The van der Waals surface area contributed by atoms with Crippen LogP contribution in [0.3, 0.4) is 0 Å². The van der Waals surface area contributed by atoms with Gasteiger partial charge in [0.25, 0.3) is 0 Å². The zero-order valence-corrected chi connectivity index (χ0v) is 13.2. The molecule has 3 aromatic rings. The fourth-order valence-electron chi connectivity index (χ4n) is 3.25. The molecule has 2 N–H and O–H groups in total. The number of rotatable bonds is 6. The minimum Gasteiger partial charge on any atom is -0.303 e. The Kier molecular flexibility index (Phi) is 3.86. The van der Waals surface area contributed by atoms with Crippen LogP contribution in [0.1, 0.15) is 35.8 Å². The monoisotopic (exact) mass is 322 g/mol. The molecule has 1 aliphatic carbocycles. The lowest BCUT2D eigenvalue weighted by Crippen LogP contribution is -2.32. The minimum absolute atomic E-state index is 0.0852. The summed E-state index contributed by atoms with van der Waals surface area (Å²) in [5.74, 6) is 0.651. The van der Waals surface area contributed by atoms with Crippen LogP contribution < -0.4 is 5.32 Å². The molecule has 24 heavy (non-hydrogen) atoms. The van der Waals surface area contributed by atoms with Crippen molar-refractivity contribution in [3.05, 3.63) is 83.7 Å². The Morgan fingerprint density at radius 2 is 1.83 bits per heavy atom. The molecular weight excluding hydrogens is 303 g/mol. The Hall–Kier alpha value is -2.53. The van der Waals surface area contributed by atoms with Crippen LogP contribution in [-0.4, -0.2) is 21.7 Å². The van der Waals surface area contributed by atoms with Crippen LogP contribution in [0.5, 0.6) is 0 Å². The normalized spacial score (nSPS) is 16.7. The van der Waals surface area contributed by atoms with Gasteiger partial charge in [0, 0.05) is 12.0 Å². The third-order valence-electron chi connectivity index (χ3n) is 4.78. The summed E-state index contributed by atoms with van der Waals surface area (Å²) >= 11 is 0. The molecule has 4 rings (SSSR count). The highest BCUT2D eigenvalue weighted by molar-refractivity contribution is 5.34. The van der Waals surface area contributed by atoms with Gasteiger partial charge in [-0.2, -0.15) is 5.10 Å². The molecule has 0 amide bonds. The van der Waals surface area contributed by atoms with E-state index in [4.69, 9.17) is 0 Å². The molecule has 0 saturated heterocycles. The van der Waals surface area contributed by atoms with Crippen molar-refractivity contribution in [1.82, 2.24) is 20.5 Å². The van der Waals surface area contributed by atoms with Gasteiger partial charge in [-0.1, -0.05) is 48.5 Å². The second kappa shape index (κ2) is 6.17. The number of halogens is 1. The summed E-state index contributed by atoms with van der Waals surface area (Å²) in [6, 6.07) is 17.1. The summed E-state index contributed by atoms with van der Waals surface area (Å²) in [4.78, 5) is 4.30. The summed E-state index contributed by atoms with van der Waals surface area (Å²) in [5.41, 5.74) is 1.80. The SMILES string of the molecule is Fc1ccccc1C1(CN[C@H](c2ccccc2)c2ncn[nH]2)CC1. The van der Waals surface area contributed by atoms with Gasteiger partial charge in [-0.25, -0.2) is 9.37 Å². The van der Waals surface area contributed by atoms with Crippen molar-refractivity contribution >= 4 is 0 Å². The summed E-state index contributed by atoms with van der Waals surface area (Å²) in [7, 11) is 0. The summed E-state index contributed by atoms with van der Waals surface area (Å²) < 4.78 is 14.2. The molecule has 1 saturated carbocycles. The first-order chi connectivity index (χ1) is 11.8. The van der Waals surface area contributed by atoms with E-state index in [0.717, 1.165) is 29.8 Å². The summed E-state index contributed by atoms with van der Waals surface area (Å²) in [6.45, 7) is 0.703. The zero-order valence-electron chi connectivity index (χ0n) is 13.2. The molecule has 122 valence electrons. The standard InChI is InChI=1S/C19H19FN4/c20-16-9-5-4-8-15(16)19(10-11-19)12-21-17(18-22-13-23-24-18)14-6-2-1-3-7-14/h1-9,13,17,21H,10-12H2,(H,22,23,24)/t17-/m1/s1. The summed E-state index contributed by atoms with van der Waals surface area (Å²) in [5, 5.41) is 10.5. The number of hydrogen-bond donors (Lipinski definition) is 2. The third kappa shape index (κ3) is 2.83. The van der Waals surface area contributed by atoms with Gasteiger partial charge in [0.15, 0.2) is 0 Å². The van der Waals surface area contributed by atoms with Gasteiger partial charge in [0.1, 0.15) is 18.0 Å². The maximum absolute atomic E-state index is 14.2. The molecule has 1 aromatic heterocycles. The van der Waals surface area contributed by atoms with Crippen molar-refractivity contribution in [1.29, 1.82) is 0 Å². The van der Waals surface area contributed by atoms with E-state index >= 15 is 0 Å². The predicted octanol–water partition coefficient (Wildman–Crippen LogP) is 3.35. The van der Waals surface area contributed by atoms with Crippen molar-refractivity contribution in [2.24, 2.45) is 0 Å². The molecule has 1 fully saturated rings. The number of nitrogens with one attached hydrogen (secondary N) is 2. The molecular formula is C19H19FN4. The number of aromatic nitrogens is 3. The first-order valence-corrected chi connectivity index (χ1v) is 8.17. The van der Waals surface area contributed by atoms with Gasteiger partial charge in [0.2, 0.25) is 0 Å². The minimum atomic E-state index is -0.118. The molecule has 4 nitrogen and oxygen atoms in total. The first-order valence-electron chi connectivity index (χ1n) is 8.17. The van der Waals surface area contributed by atoms with Crippen LogP contribution in [0.4, 0.5) is 4.39 Å². The fourth-order valence-corrected chi connectivity index (χ4v) is 3.25. The highest BCUT2D eigenvalue weighted by atomic mass is 19.1. The number of H-pyrrole nitrogens is 1. The Balaban J connectivity index is 1.57. The molecule has 0 aliphatic heterocycles. The van der Waals surface area contributed by atoms with Gasteiger partial charge in [-0.15, -0.1) is 0 Å². The highest BCUT2D eigenvalue weighted by Gasteiger charge is 2.46. The lowest BCUT2D eigenvalue weighted by atomic mass is 9.94. The number of aromatic amines is 1. The second-order valence-electron chi connectivity index (χ2n) is 6.36. The molecule has 1 aliphatic rings. The molecule has 0 radical (unpaired) electrons. The molecule has 0 spiro atoms. The van der Waals surface area contributed by atoms with Crippen LogP contribution in [0.25, 0.3) is 0 Å². The lowest BCUT2D eigenvalue weighted by molar-refractivity contribution is 0.494. The van der Waals surface area contributed by atoms with Crippen molar-refractivity contribution < 1.29 is 4.39 Å². The van der Waals surface area contributed by atoms with Crippen LogP contribution in [0.15, 0.2) is 60.9 Å². The maximum atomic E-state index is 14.2. The molecule has 0 bridgehead atoms. The largest absolute Gasteiger partial charge is 0.303 e. The number of benzene rings is 2. The Morgan fingerprint density at radius 1 is 1.08 bits per heavy atom. The topological polar surface area (TPSA) is 53.6 Å². The number of nitrogens with zero attached hydrogens (tertiary/aromatic N) is 2. The van der Waals surface area contributed by atoms with Crippen LogP contribution >= 0.6 is 0 Å². The molecule has 0 unspecified atom stereocenters. The van der Waals surface area contributed by atoms with Crippen LogP contribution in [0, 0.1) is 5.82 Å². The third-order valence-corrected chi connectivity index (χ3v) is 4.78. The average Bonchev–Trinajstić information content (AvgIpc) is 3.20. The molecule has 1 atom stereocenters. The van der Waals surface area contributed by atoms with Crippen LogP contribution in [0.2, 0.25) is 0 Å². The van der Waals surface area contributed by atoms with E-state index in [0.29, 0.717) is 6.54 Å². The van der Waals surface area contributed by atoms with Gasteiger partial charge >= 0.3 is 0 Å². The summed E-state index contributed by atoms with van der Waals surface area (Å²) in [6.07, 6.45) is 3.51. The predicted molar refractivity (Wildman–Crippen MR) is 90.0 cm³/mol. The van der Waals surface area contributed by atoms with Gasteiger partial charge < -0.3 is 5.32 Å². The molecule has 5 heteroatoms. The quantitative estimate of drug-likeness (QED) is 0.732. The van der Waals surface area contributed by atoms with Crippen molar-refractivity contribution in [3.8, 4) is 0 Å². The van der Waals surface area contributed by atoms with E-state index < -0.39 is 0 Å². The Bertz CT molecular complexity index is 797. The first kappa shape index (κ1) is 15.0. The van der Waals surface area contributed by atoms with E-state index in [2.05, 4.69) is 32.6 Å².